The molecule has 0 aromatic heterocycles. The van der Waals surface area contributed by atoms with E-state index in [1.165, 1.54) is 0 Å². The molecule has 0 bridgehead atoms. The number of amides is 2. The van der Waals surface area contributed by atoms with Gasteiger partial charge in [-0.05, 0) is 37.1 Å². The molecule has 1 aromatic carbocycles. The molecule has 128 valence electrons. The first kappa shape index (κ1) is 19.5. The minimum Gasteiger partial charge on any atom is -0.345 e. The topological polar surface area (TPSA) is 84.2 Å². The first-order chi connectivity index (χ1) is 10.5. The Morgan fingerprint density at radius 3 is 2.22 bits per heavy atom. The van der Waals surface area contributed by atoms with E-state index < -0.39 is 0 Å². The molecule has 0 atom stereocenters. The summed E-state index contributed by atoms with van der Waals surface area (Å²) in [6, 6.07) is 6.95. The predicted octanol–water partition coefficient (Wildman–Crippen LogP) is 2.70. The normalized spacial score (nSPS) is 15.8. The van der Waals surface area contributed by atoms with Crippen LogP contribution in [0.5, 0.6) is 0 Å². The van der Waals surface area contributed by atoms with Crippen LogP contribution in [0.15, 0.2) is 24.3 Å². The lowest BCUT2D eigenvalue weighted by molar-refractivity contribution is -0.118. The third-order valence-corrected chi connectivity index (χ3v) is 4.27. The van der Waals surface area contributed by atoms with E-state index in [-0.39, 0.29) is 35.7 Å². The molecule has 1 aliphatic carbocycles. The zero-order valence-electron chi connectivity index (χ0n) is 13.7. The lowest BCUT2D eigenvalue weighted by Gasteiger charge is -2.28. The monoisotopic (exact) mass is 339 g/mol. The van der Waals surface area contributed by atoms with E-state index in [1.54, 1.807) is 24.3 Å². The van der Waals surface area contributed by atoms with Crippen molar-refractivity contribution < 1.29 is 9.59 Å². The molecule has 0 heterocycles. The van der Waals surface area contributed by atoms with Gasteiger partial charge >= 0.3 is 0 Å². The number of nitrogens with one attached hydrogen (secondary N) is 2. The minimum atomic E-state index is -0.248. The van der Waals surface area contributed by atoms with Crippen LogP contribution in [0, 0.1) is 5.92 Å². The highest BCUT2D eigenvalue weighted by Crippen LogP contribution is 2.29. The minimum absolute atomic E-state index is 0. The Morgan fingerprint density at radius 2 is 1.74 bits per heavy atom. The van der Waals surface area contributed by atoms with E-state index in [0.717, 1.165) is 25.7 Å². The number of carbonyl (C=O) groups is 2. The summed E-state index contributed by atoms with van der Waals surface area (Å²) in [4.78, 5) is 24.0. The molecule has 0 radical (unpaired) electrons. The van der Waals surface area contributed by atoms with Crippen molar-refractivity contribution in [3.63, 3.8) is 0 Å². The van der Waals surface area contributed by atoms with E-state index in [1.807, 2.05) is 13.8 Å². The fraction of sp³-hybridized carbons (Fsp3) is 0.529. The molecule has 0 aliphatic heterocycles. The molecule has 1 saturated carbocycles. The second kappa shape index (κ2) is 8.31. The molecule has 0 saturated heterocycles. The summed E-state index contributed by atoms with van der Waals surface area (Å²) in [5, 5.41) is 5.89. The predicted molar refractivity (Wildman–Crippen MR) is 94.9 cm³/mol. The zero-order valence-corrected chi connectivity index (χ0v) is 14.5. The Labute approximate surface area is 143 Å². The Morgan fingerprint density at radius 1 is 1.17 bits per heavy atom. The van der Waals surface area contributed by atoms with Gasteiger partial charge in [0.2, 0.25) is 5.91 Å². The smallest absolute Gasteiger partial charge is 0.251 e. The number of anilines is 1. The van der Waals surface area contributed by atoms with Gasteiger partial charge in [-0.3, -0.25) is 9.59 Å². The molecule has 5 nitrogen and oxygen atoms in total. The fourth-order valence-electron chi connectivity index (χ4n) is 2.74. The molecule has 23 heavy (non-hydrogen) atoms. The van der Waals surface area contributed by atoms with Crippen LogP contribution in [0.4, 0.5) is 5.69 Å². The van der Waals surface area contributed by atoms with Crippen LogP contribution >= 0.6 is 12.4 Å². The molecule has 6 heteroatoms. The van der Waals surface area contributed by atoms with Crippen molar-refractivity contribution in [1.29, 1.82) is 0 Å². The zero-order chi connectivity index (χ0) is 16.2. The second-order valence-corrected chi connectivity index (χ2v) is 6.37. The number of nitrogens with two attached hydrogens (primary N) is 1. The molecule has 2 rings (SSSR count). The van der Waals surface area contributed by atoms with Crippen LogP contribution in [-0.4, -0.2) is 23.9 Å². The molecular weight excluding hydrogens is 314 g/mol. The van der Waals surface area contributed by atoms with Gasteiger partial charge in [-0.2, -0.15) is 0 Å². The lowest BCUT2D eigenvalue weighted by atomic mass is 9.97. The molecular formula is C17H26ClN3O2. The van der Waals surface area contributed by atoms with Gasteiger partial charge < -0.3 is 16.4 Å². The number of rotatable bonds is 5. The summed E-state index contributed by atoms with van der Waals surface area (Å²) in [5.41, 5.74) is 6.88. The van der Waals surface area contributed by atoms with E-state index in [0.29, 0.717) is 17.8 Å². The van der Waals surface area contributed by atoms with Crippen LogP contribution in [0.3, 0.4) is 0 Å². The highest BCUT2D eigenvalue weighted by molar-refractivity contribution is 5.96. The van der Waals surface area contributed by atoms with E-state index in [9.17, 15) is 9.59 Å². The van der Waals surface area contributed by atoms with E-state index in [4.69, 9.17) is 5.73 Å². The highest BCUT2D eigenvalue weighted by Gasteiger charge is 2.33. The van der Waals surface area contributed by atoms with Crippen molar-refractivity contribution in [3.8, 4) is 0 Å². The summed E-state index contributed by atoms with van der Waals surface area (Å²) in [7, 11) is 0. The van der Waals surface area contributed by atoms with Crippen molar-refractivity contribution >= 4 is 29.9 Å². The summed E-state index contributed by atoms with van der Waals surface area (Å²) in [6.07, 6.45) is 4.10. The lowest BCUT2D eigenvalue weighted by Crippen LogP contribution is -2.51. The quantitative estimate of drug-likeness (QED) is 0.771. The van der Waals surface area contributed by atoms with Crippen LogP contribution in [0.1, 0.15) is 49.9 Å². The molecule has 0 unspecified atom stereocenters. The van der Waals surface area contributed by atoms with Gasteiger partial charge in [0.1, 0.15) is 0 Å². The summed E-state index contributed by atoms with van der Waals surface area (Å²) < 4.78 is 0. The van der Waals surface area contributed by atoms with Gasteiger partial charge in [0.15, 0.2) is 0 Å². The Balaban J connectivity index is 0.00000264. The van der Waals surface area contributed by atoms with Gasteiger partial charge in [0.25, 0.3) is 5.91 Å². The number of halogens is 1. The highest BCUT2D eigenvalue weighted by atomic mass is 35.5. The number of carbonyl (C=O) groups excluding carboxylic acids is 2. The first-order valence-electron chi connectivity index (χ1n) is 7.89. The summed E-state index contributed by atoms with van der Waals surface area (Å²) in [6.45, 7) is 4.15. The average Bonchev–Trinajstić information content (AvgIpc) is 2.97. The van der Waals surface area contributed by atoms with Gasteiger partial charge in [0, 0.05) is 23.7 Å². The summed E-state index contributed by atoms with van der Waals surface area (Å²) >= 11 is 0. The van der Waals surface area contributed by atoms with Crippen molar-refractivity contribution in [2.45, 2.75) is 45.1 Å². The second-order valence-electron chi connectivity index (χ2n) is 6.37. The van der Waals surface area contributed by atoms with E-state index in [2.05, 4.69) is 10.6 Å². The third-order valence-electron chi connectivity index (χ3n) is 4.27. The first-order valence-corrected chi connectivity index (χ1v) is 7.89. The van der Waals surface area contributed by atoms with Crippen LogP contribution < -0.4 is 16.4 Å². The number of benzene rings is 1. The molecule has 2 amide bonds. The molecule has 4 N–H and O–H groups in total. The molecule has 1 aliphatic rings. The van der Waals surface area contributed by atoms with Crippen molar-refractivity contribution in [3.05, 3.63) is 29.8 Å². The van der Waals surface area contributed by atoms with E-state index >= 15 is 0 Å². The van der Waals surface area contributed by atoms with Crippen molar-refractivity contribution in [2.24, 2.45) is 11.7 Å². The standard InChI is InChI=1S/C17H25N3O2.ClH/c1-12(2)15(21)19-14-7-5-13(6-8-14)16(22)20-17(11-18)9-3-4-10-17;/h5-8,12H,3-4,9-11,18H2,1-2H3,(H,19,21)(H,20,22);1H. The maximum absolute atomic E-state index is 12.4. The van der Waals surface area contributed by atoms with Crippen LogP contribution in [0.25, 0.3) is 0 Å². The summed E-state index contributed by atoms with van der Waals surface area (Å²) in [5.74, 6) is -0.214. The Hall–Kier alpha value is -1.59. The maximum Gasteiger partial charge on any atom is 0.251 e. The van der Waals surface area contributed by atoms with Crippen molar-refractivity contribution in [1.82, 2.24) is 5.32 Å². The van der Waals surface area contributed by atoms with Crippen LogP contribution in [0.2, 0.25) is 0 Å². The molecule has 1 fully saturated rings. The van der Waals surface area contributed by atoms with Gasteiger partial charge in [-0.25, -0.2) is 0 Å². The van der Waals surface area contributed by atoms with Gasteiger partial charge in [-0.1, -0.05) is 26.7 Å². The van der Waals surface area contributed by atoms with Crippen molar-refractivity contribution in [2.75, 3.05) is 11.9 Å². The largest absolute Gasteiger partial charge is 0.345 e. The Kier molecular flexibility index (Phi) is 7.03. The average molecular weight is 340 g/mol. The molecule has 0 spiro atoms. The number of hydrogen-bond acceptors (Lipinski definition) is 3. The Bertz CT molecular complexity index is 537. The fourth-order valence-corrected chi connectivity index (χ4v) is 2.74. The molecule has 1 aromatic rings. The third kappa shape index (κ3) is 4.94. The van der Waals surface area contributed by atoms with Gasteiger partial charge in [0.05, 0.1) is 5.54 Å². The number of hydrogen-bond donors (Lipinski definition) is 3. The van der Waals surface area contributed by atoms with Crippen LogP contribution in [-0.2, 0) is 4.79 Å². The van der Waals surface area contributed by atoms with Gasteiger partial charge in [-0.15, -0.1) is 12.4 Å². The maximum atomic E-state index is 12.4. The SMILES string of the molecule is CC(C)C(=O)Nc1ccc(C(=O)NC2(CN)CCCC2)cc1.Cl.